The number of aromatic nitrogens is 1. The number of nitrogens with zero attached hydrogens (tertiary/aromatic N) is 3. The Labute approximate surface area is 188 Å². The summed E-state index contributed by atoms with van der Waals surface area (Å²) in [5.74, 6) is 0.487. The number of piperidine rings is 1. The number of benzene rings is 2. The second-order valence-corrected chi connectivity index (χ2v) is 9.88. The van der Waals surface area contributed by atoms with Gasteiger partial charge in [-0.25, -0.2) is 4.98 Å². The summed E-state index contributed by atoms with van der Waals surface area (Å²) in [6.07, 6.45) is 4.88. The number of fused-ring (bicyclic) bond motifs is 1. The lowest BCUT2D eigenvalue weighted by atomic mass is 9.99. The number of rotatable bonds is 6. The Bertz CT molecular complexity index is 992. The molecule has 0 aliphatic carbocycles. The molecule has 1 atom stereocenters. The minimum atomic E-state index is 0.0669. The first-order chi connectivity index (χ1) is 15.2. The highest BCUT2D eigenvalue weighted by atomic mass is 32.1. The van der Waals surface area contributed by atoms with Crippen LogP contribution in [0.4, 0.5) is 5.69 Å². The number of amides is 1. The number of nitrogens with one attached hydrogen (secondary N) is 1. The zero-order valence-corrected chi connectivity index (χ0v) is 18.7. The van der Waals surface area contributed by atoms with Crippen molar-refractivity contribution in [3.8, 4) is 0 Å². The van der Waals surface area contributed by atoms with Gasteiger partial charge < -0.3 is 5.32 Å². The number of carbonyl (C=O) groups is 1. The van der Waals surface area contributed by atoms with Gasteiger partial charge in [-0.05, 0) is 75.1 Å². The third kappa shape index (κ3) is 5.14. The monoisotopic (exact) mass is 434 g/mol. The van der Waals surface area contributed by atoms with Crippen molar-refractivity contribution in [1.29, 1.82) is 0 Å². The van der Waals surface area contributed by atoms with Crippen molar-refractivity contribution in [3.63, 3.8) is 0 Å². The van der Waals surface area contributed by atoms with E-state index in [1.807, 2.05) is 18.2 Å². The van der Waals surface area contributed by atoms with Crippen LogP contribution in [0.1, 0.15) is 42.2 Å². The van der Waals surface area contributed by atoms with Gasteiger partial charge in [-0.1, -0.05) is 24.3 Å². The average molecular weight is 435 g/mol. The summed E-state index contributed by atoms with van der Waals surface area (Å²) in [4.78, 5) is 22.3. The number of carbonyl (C=O) groups excluding carboxylic acids is 1. The molecule has 3 heterocycles. The lowest BCUT2D eigenvalue weighted by Crippen LogP contribution is -2.39. The van der Waals surface area contributed by atoms with Gasteiger partial charge in [0, 0.05) is 24.7 Å². The predicted molar refractivity (Wildman–Crippen MR) is 128 cm³/mol. The zero-order chi connectivity index (χ0) is 21.0. The Hall–Kier alpha value is -2.28. The molecule has 0 unspecified atom stereocenters. The van der Waals surface area contributed by atoms with Gasteiger partial charge in [0.25, 0.3) is 0 Å². The highest BCUT2D eigenvalue weighted by Gasteiger charge is 2.25. The topological polar surface area (TPSA) is 48.5 Å². The van der Waals surface area contributed by atoms with Crippen molar-refractivity contribution in [3.05, 3.63) is 59.1 Å². The minimum absolute atomic E-state index is 0.0669. The summed E-state index contributed by atoms with van der Waals surface area (Å²) < 4.78 is 1.25. The first-order valence-electron chi connectivity index (χ1n) is 11.4. The molecule has 1 amide bonds. The van der Waals surface area contributed by atoms with Crippen molar-refractivity contribution in [2.75, 3.05) is 38.0 Å². The molecule has 0 spiro atoms. The normalized spacial score (nSPS) is 20.3. The standard InChI is InChI=1S/C25H30N4OS/c30-24(26-21-11-9-19(10-12-21)16-28-13-3-4-14-28)18-29-15-5-6-20(17-29)25-27-22-7-1-2-8-23(22)31-25/h1-2,7-12,20H,3-6,13-18H2,(H,26,30)/t20-/m0/s1. The zero-order valence-electron chi connectivity index (χ0n) is 17.9. The van der Waals surface area contributed by atoms with E-state index in [9.17, 15) is 4.79 Å². The van der Waals surface area contributed by atoms with Crippen molar-refractivity contribution in [1.82, 2.24) is 14.8 Å². The summed E-state index contributed by atoms with van der Waals surface area (Å²) in [6.45, 7) is 5.73. The number of thiazole rings is 1. The highest BCUT2D eigenvalue weighted by Crippen LogP contribution is 2.32. The molecule has 2 fully saturated rings. The van der Waals surface area contributed by atoms with Gasteiger partial charge in [-0.2, -0.15) is 0 Å². The molecule has 6 heteroatoms. The van der Waals surface area contributed by atoms with E-state index in [1.165, 1.54) is 41.2 Å². The van der Waals surface area contributed by atoms with E-state index in [0.29, 0.717) is 12.5 Å². The molecule has 0 radical (unpaired) electrons. The summed E-state index contributed by atoms with van der Waals surface area (Å²) in [5, 5.41) is 4.29. The summed E-state index contributed by atoms with van der Waals surface area (Å²) >= 11 is 1.80. The van der Waals surface area contributed by atoms with Crippen LogP contribution in [0.2, 0.25) is 0 Å². The molecule has 1 aromatic heterocycles. The molecular formula is C25H30N4OS. The van der Waals surface area contributed by atoms with Crippen LogP contribution in [-0.4, -0.2) is 53.4 Å². The lowest BCUT2D eigenvalue weighted by molar-refractivity contribution is -0.117. The first kappa shape index (κ1) is 20.6. The minimum Gasteiger partial charge on any atom is -0.325 e. The summed E-state index contributed by atoms with van der Waals surface area (Å²) in [7, 11) is 0. The number of likely N-dealkylation sites (tertiary alicyclic amines) is 2. The van der Waals surface area contributed by atoms with E-state index in [1.54, 1.807) is 11.3 Å². The van der Waals surface area contributed by atoms with E-state index in [-0.39, 0.29) is 5.91 Å². The van der Waals surface area contributed by atoms with Gasteiger partial charge in [-0.15, -0.1) is 11.3 Å². The van der Waals surface area contributed by atoms with Gasteiger partial charge >= 0.3 is 0 Å². The van der Waals surface area contributed by atoms with Crippen molar-refractivity contribution in [2.24, 2.45) is 0 Å². The smallest absolute Gasteiger partial charge is 0.238 e. The molecule has 2 aromatic carbocycles. The number of para-hydroxylation sites is 1. The molecule has 2 aliphatic heterocycles. The molecule has 5 nitrogen and oxygen atoms in total. The Morgan fingerprint density at radius 1 is 1.00 bits per heavy atom. The van der Waals surface area contributed by atoms with Crippen LogP contribution in [-0.2, 0) is 11.3 Å². The third-order valence-electron chi connectivity index (χ3n) is 6.37. The number of hydrogen-bond donors (Lipinski definition) is 1. The quantitative estimate of drug-likeness (QED) is 0.610. The van der Waals surface area contributed by atoms with Crippen LogP contribution in [0.25, 0.3) is 10.2 Å². The molecular weight excluding hydrogens is 404 g/mol. The maximum Gasteiger partial charge on any atom is 0.238 e. The molecule has 2 saturated heterocycles. The Kier molecular flexibility index (Phi) is 6.30. The number of hydrogen-bond acceptors (Lipinski definition) is 5. The molecule has 1 N–H and O–H groups in total. The molecule has 5 rings (SSSR count). The Morgan fingerprint density at radius 2 is 1.77 bits per heavy atom. The van der Waals surface area contributed by atoms with Crippen molar-refractivity contribution >= 4 is 33.1 Å². The van der Waals surface area contributed by atoms with Gasteiger partial charge in [0.15, 0.2) is 0 Å². The van der Waals surface area contributed by atoms with Crippen LogP contribution < -0.4 is 5.32 Å². The molecule has 0 saturated carbocycles. The van der Waals surface area contributed by atoms with E-state index in [0.717, 1.165) is 43.7 Å². The average Bonchev–Trinajstić information content (AvgIpc) is 3.45. The predicted octanol–water partition coefficient (Wildman–Crippen LogP) is 4.71. The third-order valence-corrected chi connectivity index (χ3v) is 7.57. The van der Waals surface area contributed by atoms with E-state index in [2.05, 4.69) is 45.4 Å². The van der Waals surface area contributed by atoms with Gasteiger partial charge in [0.05, 0.1) is 21.8 Å². The van der Waals surface area contributed by atoms with Crippen LogP contribution in [0, 0.1) is 0 Å². The summed E-state index contributed by atoms with van der Waals surface area (Å²) in [5.41, 5.74) is 3.29. The molecule has 31 heavy (non-hydrogen) atoms. The molecule has 0 bridgehead atoms. The van der Waals surface area contributed by atoms with E-state index < -0.39 is 0 Å². The van der Waals surface area contributed by atoms with Gasteiger partial charge in [0.2, 0.25) is 5.91 Å². The SMILES string of the molecule is O=C(CN1CCC[C@H](c2nc3ccccc3s2)C1)Nc1ccc(CN2CCCC2)cc1. The van der Waals surface area contributed by atoms with Crippen molar-refractivity contribution in [2.45, 2.75) is 38.1 Å². The fourth-order valence-electron chi connectivity index (χ4n) is 4.76. The lowest BCUT2D eigenvalue weighted by Gasteiger charge is -2.31. The van der Waals surface area contributed by atoms with Crippen LogP contribution in [0.15, 0.2) is 48.5 Å². The van der Waals surface area contributed by atoms with Crippen molar-refractivity contribution < 1.29 is 4.79 Å². The highest BCUT2D eigenvalue weighted by molar-refractivity contribution is 7.18. The molecule has 3 aromatic rings. The molecule has 2 aliphatic rings. The van der Waals surface area contributed by atoms with Crippen LogP contribution in [0.5, 0.6) is 0 Å². The second kappa shape index (κ2) is 9.47. The Balaban J connectivity index is 1.14. The summed E-state index contributed by atoms with van der Waals surface area (Å²) in [6, 6.07) is 16.7. The largest absolute Gasteiger partial charge is 0.325 e. The maximum atomic E-state index is 12.7. The van der Waals surface area contributed by atoms with E-state index >= 15 is 0 Å². The second-order valence-electron chi connectivity index (χ2n) is 8.82. The Morgan fingerprint density at radius 3 is 2.58 bits per heavy atom. The van der Waals surface area contributed by atoms with Gasteiger partial charge in [0.1, 0.15) is 0 Å². The van der Waals surface area contributed by atoms with Crippen LogP contribution in [0.3, 0.4) is 0 Å². The van der Waals surface area contributed by atoms with E-state index in [4.69, 9.17) is 4.98 Å². The fraction of sp³-hybridized carbons (Fsp3) is 0.440. The van der Waals surface area contributed by atoms with Gasteiger partial charge in [-0.3, -0.25) is 14.6 Å². The first-order valence-corrected chi connectivity index (χ1v) is 12.2. The van der Waals surface area contributed by atoms with Crippen LogP contribution >= 0.6 is 11.3 Å². The maximum absolute atomic E-state index is 12.7. The number of anilines is 1. The fourth-order valence-corrected chi connectivity index (χ4v) is 5.85. The molecule has 162 valence electrons.